The largest absolute Gasteiger partial charge is 0.463 e. The van der Waals surface area contributed by atoms with Crippen LogP contribution >= 0.6 is 0 Å². The van der Waals surface area contributed by atoms with E-state index in [0.29, 0.717) is 0 Å². The summed E-state index contributed by atoms with van der Waals surface area (Å²) >= 11 is 0. The van der Waals surface area contributed by atoms with Crippen LogP contribution < -0.4 is 10.0 Å². The van der Waals surface area contributed by atoms with Crippen molar-refractivity contribution in [2.45, 2.75) is 45.6 Å². The second-order valence-corrected chi connectivity index (χ2v) is 7.47. The molecular weight excluding hydrogens is 339 g/mol. The van der Waals surface area contributed by atoms with Crippen LogP contribution in [0.25, 0.3) is 10.8 Å². The van der Waals surface area contributed by atoms with Gasteiger partial charge in [0, 0.05) is 29.7 Å². The molecule has 0 aromatic heterocycles. The summed E-state index contributed by atoms with van der Waals surface area (Å²) in [7, 11) is 0. The normalized spacial score (nSPS) is 12.5. The number of nitrogens with one attached hydrogen (secondary N) is 1. The van der Waals surface area contributed by atoms with Crippen molar-refractivity contribution >= 4 is 29.1 Å². The highest BCUT2D eigenvalue weighted by Crippen LogP contribution is 2.37. The summed E-state index contributed by atoms with van der Waals surface area (Å²) in [6, 6.07) is 23.7. The molecule has 3 aromatic rings. The molecule has 1 heterocycles. The molecule has 4 rings (SSSR count). The van der Waals surface area contributed by atoms with Gasteiger partial charge in [-0.05, 0) is 29.5 Å². The van der Waals surface area contributed by atoms with Crippen LogP contribution in [-0.4, -0.2) is 6.98 Å². The summed E-state index contributed by atoms with van der Waals surface area (Å²) in [5.74, 6) is 6.96. The maximum Gasteiger partial charge on any atom is 0.463 e. The monoisotopic (exact) mass is 366 g/mol. The van der Waals surface area contributed by atoms with E-state index < -0.39 is 0 Å². The number of benzene rings is 3. The first-order valence-electron chi connectivity index (χ1n) is 10.4. The zero-order chi connectivity index (χ0) is 19.2. The fourth-order valence-electron chi connectivity index (χ4n) is 3.92. The van der Waals surface area contributed by atoms with Gasteiger partial charge in [0.2, 0.25) is 0 Å². The average Bonchev–Trinajstić information content (AvgIpc) is 2.74. The van der Waals surface area contributed by atoms with E-state index in [1.807, 2.05) is 0 Å². The molecule has 28 heavy (non-hydrogen) atoms. The Morgan fingerprint density at radius 3 is 2.54 bits per heavy atom. The minimum absolute atomic E-state index is 0.00752. The lowest BCUT2D eigenvalue weighted by Gasteiger charge is -2.35. The topological polar surface area (TPSA) is 15.3 Å². The lowest BCUT2D eigenvalue weighted by molar-refractivity contribution is 0.680. The molecule has 3 aromatic carbocycles. The predicted molar refractivity (Wildman–Crippen MR) is 122 cm³/mol. The van der Waals surface area contributed by atoms with Gasteiger partial charge in [-0.15, -0.1) is 5.92 Å². The second-order valence-electron chi connectivity index (χ2n) is 7.47. The van der Waals surface area contributed by atoms with Crippen molar-refractivity contribution in [3.05, 3.63) is 72.3 Å². The number of anilines is 2. The van der Waals surface area contributed by atoms with Gasteiger partial charge in [-0.1, -0.05) is 86.6 Å². The van der Waals surface area contributed by atoms with E-state index in [1.165, 1.54) is 53.4 Å². The van der Waals surface area contributed by atoms with Gasteiger partial charge in [0.15, 0.2) is 0 Å². The van der Waals surface area contributed by atoms with Crippen LogP contribution in [-0.2, 0) is 6.54 Å². The van der Waals surface area contributed by atoms with E-state index in [4.69, 9.17) is 0 Å². The minimum atomic E-state index is -0.00752. The van der Waals surface area contributed by atoms with E-state index in [-0.39, 0.29) is 6.98 Å². The van der Waals surface area contributed by atoms with Gasteiger partial charge in [-0.25, -0.2) is 0 Å². The zero-order valence-corrected chi connectivity index (χ0v) is 16.6. The van der Waals surface area contributed by atoms with Gasteiger partial charge in [0.1, 0.15) is 0 Å². The molecule has 0 unspecified atom stereocenters. The van der Waals surface area contributed by atoms with Gasteiger partial charge in [0.25, 0.3) is 0 Å². The Kier molecular flexibility index (Phi) is 5.88. The van der Waals surface area contributed by atoms with Crippen LogP contribution in [0.15, 0.2) is 66.7 Å². The Bertz CT molecular complexity index is 982. The molecule has 3 heteroatoms. The molecular formula is C25H27BN2. The molecule has 140 valence electrons. The summed E-state index contributed by atoms with van der Waals surface area (Å²) in [5, 5.41) is 6.25. The SMILES string of the molecule is CCCCCCC#CB1Nc2cccc3cccc(c23)N1Cc1ccccc1. The first-order valence-corrected chi connectivity index (χ1v) is 10.4. The van der Waals surface area contributed by atoms with E-state index >= 15 is 0 Å². The summed E-state index contributed by atoms with van der Waals surface area (Å²) in [6.07, 6.45) is 6.02. The molecule has 0 aliphatic carbocycles. The number of nitrogens with zero attached hydrogens (tertiary/aromatic N) is 1. The molecule has 1 aliphatic heterocycles. The average molecular weight is 366 g/mol. The Hall–Kier alpha value is -2.86. The highest BCUT2D eigenvalue weighted by molar-refractivity contribution is 6.75. The van der Waals surface area contributed by atoms with Crippen LogP contribution in [0.5, 0.6) is 0 Å². The molecule has 0 atom stereocenters. The Balaban J connectivity index is 1.64. The van der Waals surface area contributed by atoms with Crippen LogP contribution in [0.4, 0.5) is 11.4 Å². The maximum atomic E-state index is 3.69. The first kappa shape index (κ1) is 18.5. The second kappa shape index (κ2) is 8.89. The van der Waals surface area contributed by atoms with Crippen molar-refractivity contribution in [1.82, 2.24) is 0 Å². The van der Waals surface area contributed by atoms with Crippen LogP contribution in [0.3, 0.4) is 0 Å². The number of rotatable bonds is 6. The van der Waals surface area contributed by atoms with Crippen LogP contribution in [0.1, 0.15) is 44.6 Å². The number of unbranched alkanes of at least 4 members (excludes halogenated alkanes) is 4. The Morgan fingerprint density at radius 1 is 0.893 bits per heavy atom. The molecule has 0 fully saturated rings. The molecule has 0 saturated heterocycles. The summed E-state index contributed by atoms with van der Waals surface area (Å²) in [4.78, 5) is 2.41. The fourth-order valence-corrected chi connectivity index (χ4v) is 3.92. The van der Waals surface area contributed by atoms with Gasteiger partial charge in [-0.3, -0.25) is 0 Å². The van der Waals surface area contributed by atoms with Gasteiger partial charge in [-0.2, -0.15) is 0 Å². The molecule has 0 amide bonds. The van der Waals surface area contributed by atoms with Crippen LogP contribution in [0.2, 0.25) is 0 Å². The lowest BCUT2D eigenvalue weighted by atomic mass is 9.71. The van der Waals surface area contributed by atoms with Crippen molar-refractivity contribution in [2.75, 3.05) is 10.0 Å². The standard InChI is InChI=1S/C25H27BN2/c1-2-3-4-5-6-10-19-26-27-23-17-11-15-22-16-12-18-24(25(22)23)28(26)20-21-13-8-7-9-14-21/h7-9,11-18,27H,2-6,20H2,1H3. The smallest absolute Gasteiger partial charge is 0.398 e. The Labute approximate surface area is 169 Å². The lowest BCUT2D eigenvalue weighted by Crippen LogP contribution is -2.47. The molecule has 0 saturated carbocycles. The highest BCUT2D eigenvalue weighted by atomic mass is 15.2. The van der Waals surface area contributed by atoms with E-state index in [1.54, 1.807) is 0 Å². The van der Waals surface area contributed by atoms with Gasteiger partial charge >= 0.3 is 6.98 Å². The third kappa shape index (κ3) is 4.02. The van der Waals surface area contributed by atoms with Gasteiger partial charge in [0.05, 0.1) is 0 Å². The maximum absolute atomic E-state index is 3.69. The third-order valence-electron chi connectivity index (χ3n) is 5.39. The molecule has 1 N–H and O–H groups in total. The van der Waals surface area contributed by atoms with E-state index in [2.05, 4.69) is 95.4 Å². The first-order chi connectivity index (χ1) is 13.9. The molecule has 2 nitrogen and oxygen atoms in total. The van der Waals surface area contributed by atoms with Crippen molar-refractivity contribution < 1.29 is 0 Å². The summed E-state index contributed by atoms with van der Waals surface area (Å²) in [6.45, 7) is 3.08. The van der Waals surface area contributed by atoms with Crippen molar-refractivity contribution in [3.63, 3.8) is 0 Å². The summed E-state index contributed by atoms with van der Waals surface area (Å²) < 4.78 is 0. The molecule has 0 spiro atoms. The summed E-state index contributed by atoms with van der Waals surface area (Å²) in [5.41, 5.74) is 3.75. The molecule has 0 bridgehead atoms. The minimum Gasteiger partial charge on any atom is -0.398 e. The van der Waals surface area contributed by atoms with Crippen molar-refractivity contribution in [2.24, 2.45) is 0 Å². The quantitative estimate of drug-likeness (QED) is 0.314. The molecule has 1 aliphatic rings. The van der Waals surface area contributed by atoms with Crippen LogP contribution in [0, 0.1) is 11.7 Å². The van der Waals surface area contributed by atoms with E-state index in [9.17, 15) is 0 Å². The number of hydrogen-bond donors (Lipinski definition) is 1. The highest BCUT2D eigenvalue weighted by Gasteiger charge is 2.30. The fraction of sp³-hybridized carbons (Fsp3) is 0.280. The van der Waals surface area contributed by atoms with Crippen molar-refractivity contribution in [1.29, 1.82) is 0 Å². The van der Waals surface area contributed by atoms with E-state index in [0.717, 1.165) is 13.0 Å². The van der Waals surface area contributed by atoms with Crippen molar-refractivity contribution in [3.8, 4) is 11.7 Å². The Morgan fingerprint density at radius 2 is 1.71 bits per heavy atom. The predicted octanol–water partition coefficient (Wildman–Crippen LogP) is 6.27. The number of hydrogen-bond acceptors (Lipinski definition) is 2. The molecule has 0 radical (unpaired) electrons. The van der Waals surface area contributed by atoms with Gasteiger partial charge < -0.3 is 10.0 Å². The third-order valence-corrected chi connectivity index (χ3v) is 5.39. The zero-order valence-electron chi connectivity index (χ0n) is 16.6.